The smallest absolute Gasteiger partial charge is 0.337 e. The number of methoxy groups -OCH3 is 1. The van der Waals surface area contributed by atoms with E-state index in [9.17, 15) is 14.4 Å². The number of carbonyl (C=O) groups is 3. The third-order valence-electron chi connectivity index (χ3n) is 5.02. The van der Waals surface area contributed by atoms with Gasteiger partial charge in [0.1, 0.15) is 0 Å². The highest BCUT2D eigenvalue weighted by Crippen LogP contribution is 2.53. The van der Waals surface area contributed by atoms with Crippen LogP contribution in [0.2, 0.25) is 0 Å². The summed E-state index contributed by atoms with van der Waals surface area (Å²) in [4.78, 5) is 38.0. The van der Waals surface area contributed by atoms with Crippen molar-refractivity contribution in [3.05, 3.63) is 42.0 Å². The lowest BCUT2D eigenvalue weighted by Crippen LogP contribution is -2.32. The van der Waals surface area contributed by atoms with Crippen LogP contribution in [-0.2, 0) is 14.3 Å². The van der Waals surface area contributed by atoms with E-state index in [4.69, 9.17) is 0 Å². The van der Waals surface area contributed by atoms with Crippen LogP contribution in [0.1, 0.15) is 16.8 Å². The van der Waals surface area contributed by atoms with Crippen molar-refractivity contribution in [1.82, 2.24) is 0 Å². The number of hydrogen-bond donors (Lipinski definition) is 0. The van der Waals surface area contributed by atoms with Gasteiger partial charge in [0.2, 0.25) is 11.8 Å². The van der Waals surface area contributed by atoms with Crippen LogP contribution in [-0.4, -0.2) is 24.9 Å². The third-order valence-corrected chi connectivity index (χ3v) is 5.02. The van der Waals surface area contributed by atoms with E-state index >= 15 is 0 Å². The molecular weight excluding hydrogens is 282 g/mol. The monoisotopic (exact) mass is 297 g/mol. The standard InChI is InChI=1S/C17H15NO4/c1-22-17(21)9-4-6-12(7-5-9)18-15(19)13-10-2-3-11(8-10)14(13)16(18)20/h2-7,10-11,13-14H,8H2,1H3/t10-,11-,13-,14-/m0/s1. The van der Waals surface area contributed by atoms with E-state index in [1.165, 1.54) is 12.0 Å². The molecule has 0 spiro atoms. The van der Waals surface area contributed by atoms with E-state index in [1.807, 2.05) is 0 Å². The van der Waals surface area contributed by atoms with Crippen molar-refractivity contribution in [1.29, 1.82) is 0 Å². The number of carbonyl (C=O) groups excluding carboxylic acids is 3. The maximum Gasteiger partial charge on any atom is 0.337 e. The summed E-state index contributed by atoms with van der Waals surface area (Å²) in [6.45, 7) is 0. The van der Waals surface area contributed by atoms with Crippen molar-refractivity contribution >= 4 is 23.5 Å². The second kappa shape index (κ2) is 4.53. The van der Waals surface area contributed by atoms with Gasteiger partial charge in [0.05, 0.1) is 30.2 Å². The van der Waals surface area contributed by atoms with Crippen molar-refractivity contribution in [2.45, 2.75) is 6.42 Å². The third kappa shape index (κ3) is 1.62. The van der Waals surface area contributed by atoms with E-state index in [-0.39, 0.29) is 35.5 Å². The van der Waals surface area contributed by atoms with E-state index in [2.05, 4.69) is 16.9 Å². The zero-order valence-corrected chi connectivity index (χ0v) is 12.1. The normalized spacial score (nSPS) is 31.8. The van der Waals surface area contributed by atoms with Gasteiger partial charge in [0.25, 0.3) is 0 Å². The van der Waals surface area contributed by atoms with Crippen LogP contribution in [0.4, 0.5) is 5.69 Å². The topological polar surface area (TPSA) is 63.7 Å². The molecule has 2 bridgehead atoms. The Labute approximate surface area is 127 Å². The summed E-state index contributed by atoms with van der Waals surface area (Å²) in [5.74, 6) is -0.678. The Morgan fingerprint density at radius 3 is 2.09 bits per heavy atom. The number of benzene rings is 1. The summed E-state index contributed by atoms with van der Waals surface area (Å²) in [6.07, 6.45) is 5.06. The van der Waals surface area contributed by atoms with Crippen molar-refractivity contribution in [3.8, 4) is 0 Å². The van der Waals surface area contributed by atoms with Gasteiger partial charge in [0, 0.05) is 0 Å². The van der Waals surface area contributed by atoms with Gasteiger partial charge >= 0.3 is 5.97 Å². The average Bonchev–Trinajstić information content (AvgIpc) is 3.21. The highest BCUT2D eigenvalue weighted by Gasteiger charge is 2.59. The molecule has 5 nitrogen and oxygen atoms in total. The van der Waals surface area contributed by atoms with E-state index < -0.39 is 5.97 Å². The molecule has 22 heavy (non-hydrogen) atoms. The van der Waals surface area contributed by atoms with Gasteiger partial charge < -0.3 is 4.74 Å². The number of anilines is 1. The second-order valence-corrected chi connectivity index (χ2v) is 6.05. The minimum atomic E-state index is -0.440. The fraction of sp³-hybridized carbons (Fsp3) is 0.353. The first-order valence-corrected chi connectivity index (χ1v) is 7.36. The Morgan fingerprint density at radius 2 is 1.59 bits per heavy atom. The Morgan fingerprint density at radius 1 is 1.05 bits per heavy atom. The molecule has 1 aliphatic heterocycles. The summed E-state index contributed by atoms with van der Waals surface area (Å²) >= 11 is 0. The number of imide groups is 1. The average molecular weight is 297 g/mol. The summed E-state index contributed by atoms with van der Waals surface area (Å²) in [7, 11) is 1.31. The molecule has 5 heteroatoms. The molecule has 1 aromatic carbocycles. The van der Waals surface area contributed by atoms with Crippen molar-refractivity contribution in [2.75, 3.05) is 12.0 Å². The zero-order chi connectivity index (χ0) is 15.4. The van der Waals surface area contributed by atoms with E-state index in [0.29, 0.717) is 11.3 Å². The Balaban J connectivity index is 1.65. The number of esters is 1. The van der Waals surface area contributed by atoms with Crippen LogP contribution >= 0.6 is 0 Å². The highest BCUT2D eigenvalue weighted by atomic mass is 16.5. The maximum absolute atomic E-state index is 12.6. The molecule has 112 valence electrons. The number of nitrogens with zero attached hydrogens (tertiary/aromatic N) is 1. The first-order chi connectivity index (χ1) is 10.6. The summed E-state index contributed by atoms with van der Waals surface area (Å²) in [5.41, 5.74) is 0.920. The van der Waals surface area contributed by atoms with Gasteiger partial charge in [-0.15, -0.1) is 0 Å². The van der Waals surface area contributed by atoms with Crippen LogP contribution in [0.25, 0.3) is 0 Å². The number of rotatable bonds is 2. The molecule has 1 saturated carbocycles. The minimum Gasteiger partial charge on any atom is -0.465 e. The number of fused-ring (bicyclic) bond motifs is 5. The van der Waals surface area contributed by atoms with Crippen LogP contribution in [0.15, 0.2) is 36.4 Å². The molecule has 1 aromatic rings. The molecule has 2 fully saturated rings. The molecular formula is C17H15NO4. The Bertz CT molecular complexity index is 676. The molecule has 1 heterocycles. The lowest BCUT2D eigenvalue weighted by atomic mass is 9.85. The molecule has 1 saturated heterocycles. The molecule has 3 aliphatic rings. The van der Waals surface area contributed by atoms with Gasteiger partial charge in [0.15, 0.2) is 0 Å². The highest BCUT2D eigenvalue weighted by molar-refractivity contribution is 6.22. The minimum absolute atomic E-state index is 0.113. The molecule has 4 rings (SSSR count). The van der Waals surface area contributed by atoms with Crippen molar-refractivity contribution in [3.63, 3.8) is 0 Å². The molecule has 4 atom stereocenters. The lowest BCUT2D eigenvalue weighted by Gasteiger charge is -2.17. The van der Waals surface area contributed by atoms with Crippen LogP contribution in [0, 0.1) is 23.7 Å². The van der Waals surface area contributed by atoms with Crippen LogP contribution in [0.3, 0.4) is 0 Å². The number of hydrogen-bond acceptors (Lipinski definition) is 4. The molecule has 0 N–H and O–H groups in total. The number of allylic oxidation sites excluding steroid dienone is 2. The first-order valence-electron chi connectivity index (χ1n) is 7.36. The number of ether oxygens (including phenoxy) is 1. The molecule has 2 amide bonds. The summed E-state index contributed by atoms with van der Waals surface area (Å²) in [6, 6.07) is 6.39. The predicted octanol–water partition coefficient (Wildman–Crippen LogP) is 1.78. The van der Waals surface area contributed by atoms with E-state index in [1.54, 1.807) is 24.3 Å². The maximum atomic E-state index is 12.6. The van der Waals surface area contributed by atoms with E-state index in [0.717, 1.165) is 6.42 Å². The fourth-order valence-electron chi connectivity index (χ4n) is 4.02. The SMILES string of the molecule is COC(=O)c1ccc(N2C(=O)[C@@H]3[C@@H](C2=O)[C@H]2C=C[C@H]3C2)cc1. The zero-order valence-electron chi connectivity index (χ0n) is 12.1. The first kappa shape index (κ1) is 13.2. The van der Waals surface area contributed by atoms with Gasteiger partial charge in [-0.2, -0.15) is 0 Å². The fourth-order valence-corrected chi connectivity index (χ4v) is 4.02. The molecule has 2 aliphatic carbocycles. The molecule has 0 radical (unpaired) electrons. The molecule has 0 unspecified atom stereocenters. The summed E-state index contributed by atoms with van der Waals surface area (Å²) < 4.78 is 4.65. The summed E-state index contributed by atoms with van der Waals surface area (Å²) in [5, 5.41) is 0. The Kier molecular flexibility index (Phi) is 2.73. The molecule has 0 aromatic heterocycles. The van der Waals surface area contributed by atoms with Crippen LogP contribution in [0.5, 0.6) is 0 Å². The van der Waals surface area contributed by atoms with Gasteiger partial charge in [-0.25, -0.2) is 4.79 Å². The quantitative estimate of drug-likeness (QED) is 0.474. The van der Waals surface area contributed by atoms with Crippen LogP contribution < -0.4 is 4.90 Å². The lowest BCUT2D eigenvalue weighted by molar-refractivity contribution is -0.123. The second-order valence-electron chi connectivity index (χ2n) is 6.05. The van der Waals surface area contributed by atoms with Crippen molar-refractivity contribution < 1.29 is 19.1 Å². The van der Waals surface area contributed by atoms with Gasteiger partial charge in [-0.3, -0.25) is 14.5 Å². The number of amides is 2. The largest absolute Gasteiger partial charge is 0.465 e. The Hall–Kier alpha value is -2.43. The van der Waals surface area contributed by atoms with Gasteiger partial charge in [-0.05, 0) is 42.5 Å². The predicted molar refractivity (Wildman–Crippen MR) is 78.0 cm³/mol. The van der Waals surface area contributed by atoms with Crippen molar-refractivity contribution in [2.24, 2.45) is 23.7 Å². The van der Waals surface area contributed by atoms with Gasteiger partial charge in [-0.1, -0.05) is 12.2 Å².